The average molecular weight is 242 g/mol. The molecule has 1 aromatic rings. The van der Waals surface area contributed by atoms with Gasteiger partial charge >= 0.3 is 0 Å². The Labute approximate surface area is 97.1 Å². The maximum atomic E-state index is 12.0. The van der Waals surface area contributed by atoms with Crippen molar-refractivity contribution in [2.45, 2.75) is 31.3 Å². The number of nitrogens with one attached hydrogen (secondary N) is 2. The van der Waals surface area contributed by atoms with E-state index in [0.717, 1.165) is 5.56 Å². The van der Waals surface area contributed by atoms with Crippen LogP contribution in [0.25, 0.3) is 0 Å². The zero-order chi connectivity index (χ0) is 12.2. The first kappa shape index (κ1) is 13.2. The second-order valence-corrected chi connectivity index (χ2v) is 5.60. The zero-order valence-electron chi connectivity index (χ0n) is 9.82. The molecule has 0 amide bonds. The van der Waals surface area contributed by atoms with Gasteiger partial charge in [0.25, 0.3) is 0 Å². The van der Waals surface area contributed by atoms with Crippen LogP contribution in [0.1, 0.15) is 19.4 Å². The van der Waals surface area contributed by atoms with Gasteiger partial charge in [-0.2, -0.15) is 0 Å². The van der Waals surface area contributed by atoms with E-state index in [1.165, 1.54) is 0 Å². The Hall–Kier alpha value is -0.910. The largest absolute Gasteiger partial charge is 0.316 e. The molecule has 16 heavy (non-hydrogen) atoms. The van der Waals surface area contributed by atoms with E-state index in [9.17, 15) is 8.42 Å². The van der Waals surface area contributed by atoms with Gasteiger partial charge in [0.2, 0.25) is 10.0 Å². The summed E-state index contributed by atoms with van der Waals surface area (Å²) in [6.07, 6.45) is 0. The van der Waals surface area contributed by atoms with Crippen LogP contribution in [0.4, 0.5) is 0 Å². The maximum absolute atomic E-state index is 12.0. The molecule has 0 fully saturated rings. The van der Waals surface area contributed by atoms with Gasteiger partial charge in [0, 0.05) is 12.6 Å². The SMILES string of the molecule is CNCc1ccccc1S(=O)(=O)NC(C)C. The highest BCUT2D eigenvalue weighted by atomic mass is 32.2. The first-order chi connectivity index (χ1) is 7.47. The molecular formula is C11H18N2O2S. The molecule has 0 spiro atoms. The molecule has 4 nitrogen and oxygen atoms in total. The third-order valence-electron chi connectivity index (χ3n) is 2.02. The molecule has 0 aromatic heterocycles. The van der Waals surface area contributed by atoms with Crippen LogP contribution in [0.3, 0.4) is 0 Å². The van der Waals surface area contributed by atoms with Gasteiger partial charge in [-0.1, -0.05) is 18.2 Å². The van der Waals surface area contributed by atoms with Crippen molar-refractivity contribution in [2.24, 2.45) is 0 Å². The Morgan fingerprint density at radius 2 is 1.88 bits per heavy atom. The number of hydrogen-bond acceptors (Lipinski definition) is 3. The fourth-order valence-electron chi connectivity index (χ4n) is 1.48. The minimum Gasteiger partial charge on any atom is -0.316 e. The van der Waals surface area contributed by atoms with Crippen LogP contribution in [-0.2, 0) is 16.6 Å². The van der Waals surface area contributed by atoms with Crippen molar-refractivity contribution in [1.29, 1.82) is 0 Å². The highest BCUT2D eigenvalue weighted by Gasteiger charge is 2.18. The number of rotatable bonds is 5. The lowest BCUT2D eigenvalue weighted by Crippen LogP contribution is -2.31. The van der Waals surface area contributed by atoms with E-state index in [1.54, 1.807) is 33.0 Å². The van der Waals surface area contributed by atoms with Crippen LogP contribution in [-0.4, -0.2) is 21.5 Å². The summed E-state index contributed by atoms with van der Waals surface area (Å²) >= 11 is 0. The van der Waals surface area contributed by atoms with Crippen molar-refractivity contribution in [2.75, 3.05) is 7.05 Å². The van der Waals surface area contributed by atoms with Gasteiger partial charge in [-0.3, -0.25) is 0 Å². The minimum absolute atomic E-state index is 0.104. The molecule has 0 radical (unpaired) electrons. The Bertz CT molecular complexity index is 441. The van der Waals surface area contributed by atoms with Crippen molar-refractivity contribution in [3.05, 3.63) is 29.8 Å². The molecule has 0 aliphatic heterocycles. The van der Waals surface area contributed by atoms with Crippen LogP contribution >= 0.6 is 0 Å². The topological polar surface area (TPSA) is 58.2 Å². The summed E-state index contributed by atoms with van der Waals surface area (Å²) in [4.78, 5) is 0.345. The Kier molecular flexibility index (Phi) is 4.46. The number of benzene rings is 1. The summed E-state index contributed by atoms with van der Waals surface area (Å²) in [5.74, 6) is 0. The van der Waals surface area contributed by atoms with Crippen LogP contribution in [0, 0.1) is 0 Å². The van der Waals surface area contributed by atoms with E-state index in [1.807, 2.05) is 12.1 Å². The van der Waals surface area contributed by atoms with Gasteiger partial charge in [0.15, 0.2) is 0 Å². The van der Waals surface area contributed by atoms with Crippen LogP contribution in [0.5, 0.6) is 0 Å². The molecule has 0 unspecified atom stereocenters. The third-order valence-corrected chi connectivity index (χ3v) is 3.78. The molecule has 0 saturated carbocycles. The fraction of sp³-hybridized carbons (Fsp3) is 0.455. The predicted molar refractivity (Wildman–Crippen MR) is 64.7 cm³/mol. The Morgan fingerprint density at radius 3 is 2.44 bits per heavy atom. The van der Waals surface area contributed by atoms with Crippen LogP contribution in [0.15, 0.2) is 29.2 Å². The molecule has 2 N–H and O–H groups in total. The predicted octanol–water partition coefficient (Wildman–Crippen LogP) is 1.09. The van der Waals surface area contributed by atoms with E-state index >= 15 is 0 Å². The smallest absolute Gasteiger partial charge is 0.241 e. The van der Waals surface area contributed by atoms with Crippen molar-refractivity contribution in [3.63, 3.8) is 0 Å². The lowest BCUT2D eigenvalue weighted by Gasteiger charge is -2.13. The summed E-state index contributed by atoms with van der Waals surface area (Å²) in [5.41, 5.74) is 0.776. The summed E-state index contributed by atoms with van der Waals surface area (Å²) < 4.78 is 26.6. The summed E-state index contributed by atoms with van der Waals surface area (Å²) in [6, 6.07) is 6.89. The number of sulfonamides is 1. The molecule has 0 saturated heterocycles. The monoisotopic (exact) mass is 242 g/mol. The molecule has 90 valence electrons. The second-order valence-electron chi connectivity index (χ2n) is 3.91. The first-order valence-electron chi connectivity index (χ1n) is 5.22. The van der Waals surface area contributed by atoms with Crippen LogP contribution < -0.4 is 10.0 Å². The zero-order valence-corrected chi connectivity index (χ0v) is 10.6. The van der Waals surface area contributed by atoms with E-state index in [2.05, 4.69) is 10.0 Å². The molecule has 0 aliphatic carbocycles. The number of hydrogen-bond donors (Lipinski definition) is 2. The van der Waals surface area contributed by atoms with Gasteiger partial charge in [-0.25, -0.2) is 13.1 Å². The Balaban J connectivity index is 3.11. The van der Waals surface area contributed by atoms with Crippen molar-refractivity contribution >= 4 is 10.0 Å². The molecule has 0 heterocycles. The van der Waals surface area contributed by atoms with Gasteiger partial charge in [-0.05, 0) is 32.5 Å². The highest BCUT2D eigenvalue weighted by Crippen LogP contribution is 2.15. The quantitative estimate of drug-likeness (QED) is 0.812. The van der Waals surface area contributed by atoms with Gasteiger partial charge < -0.3 is 5.32 Å². The van der Waals surface area contributed by atoms with Crippen molar-refractivity contribution in [3.8, 4) is 0 Å². The van der Waals surface area contributed by atoms with Gasteiger partial charge in [0.05, 0.1) is 4.90 Å². The van der Waals surface area contributed by atoms with Crippen molar-refractivity contribution in [1.82, 2.24) is 10.0 Å². The summed E-state index contributed by atoms with van der Waals surface area (Å²) in [7, 11) is -1.61. The van der Waals surface area contributed by atoms with E-state index < -0.39 is 10.0 Å². The van der Waals surface area contributed by atoms with E-state index in [-0.39, 0.29) is 6.04 Å². The maximum Gasteiger partial charge on any atom is 0.241 e. The molecule has 1 aromatic carbocycles. The van der Waals surface area contributed by atoms with Gasteiger partial charge in [0.1, 0.15) is 0 Å². The highest BCUT2D eigenvalue weighted by molar-refractivity contribution is 7.89. The lowest BCUT2D eigenvalue weighted by molar-refractivity contribution is 0.568. The van der Waals surface area contributed by atoms with Gasteiger partial charge in [-0.15, -0.1) is 0 Å². The summed E-state index contributed by atoms with van der Waals surface area (Å²) in [5, 5.41) is 2.96. The molecule has 0 bridgehead atoms. The first-order valence-corrected chi connectivity index (χ1v) is 6.70. The molecule has 5 heteroatoms. The lowest BCUT2D eigenvalue weighted by atomic mass is 10.2. The molecular weight excluding hydrogens is 224 g/mol. The molecule has 0 aliphatic rings. The average Bonchev–Trinajstić information content (AvgIpc) is 2.17. The Morgan fingerprint density at radius 1 is 1.25 bits per heavy atom. The van der Waals surface area contributed by atoms with E-state index in [0.29, 0.717) is 11.4 Å². The summed E-state index contributed by atoms with van der Waals surface area (Å²) in [6.45, 7) is 4.14. The van der Waals surface area contributed by atoms with Crippen molar-refractivity contribution < 1.29 is 8.42 Å². The molecule has 1 rings (SSSR count). The molecule has 0 atom stereocenters. The normalized spacial score (nSPS) is 12.0. The minimum atomic E-state index is -3.40. The standard InChI is InChI=1S/C11H18N2O2S/c1-9(2)13-16(14,15)11-7-5-4-6-10(11)8-12-3/h4-7,9,12-13H,8H2,1-3H3. The van der Waals surface area contributed by atoms with E-state index in [4.69, 9.17) is 0 Å². The fourth-order valence-corrected chi connectivity index (χ4v) is 2.97. The third kappa shape index (κ3) is 3.30. The second kappa shape index (κ2) is 5.43. The van der Waals surface area contributed by atoms with Crippen LogP contribution in [0.2, 0.25) is 0 Å².